The van der Waals surface area contributed by atoms with Crippen LogP contribution in [0.5, 0.6) is 0 Å². The number of hydrogen-bond donors (Lipinski definition) is 1. The molecule has 148 valence electrons. The molecule has 1 aromatic carbocycles. The minimum absolute atomic E-state index is 0.0729. The van der Waals surface area contributed by atoms with Crippen molar-refractivity contribution in [2.75, 3.05) is 7.05 Å². The van der Waals surface area contributed by atoms with Gasteiger partial charge < -0.3 is 4.98 Å². The number of nitrogens with one attached hydrogen (secondary N) is 1. The first-order valence-corrected chi connectivity index (χ1v) is 10.7. The van der Waals surface area contributed by atoms with Crippen LogP contribution >= 0.6 is 22.9 Å². The van der Waals surface area contributed by atoms with Crippen molar-refractivity contribution in [3.8, 4) is 0 Å². The maximum absolute atomic E-state index is 14.1. The van der Waals surface area contributed by atoms with Crippen LogP contribution < -0.4 is 5.56 Å². The van der Waals surface area contributed by atoms with Gasteiger partial charge in [-0.1, -0.05) is 24.6 Å². The van der Waals surface area contributed by atoms with Gasteiger partial charge in [-0.2, -0.15) is 0 Å². The second-order valence-corrected chi connectivity index (χ2v) is 9.27. The number of benzene rings is 1. The molecule has 2 heterocycles. The molecule has 0 fully saturated rings. The van der Waals surface area contributed by atoms with Gasteiger partial charge in [0.25, 0.3) is 5.56 Å². The molecule has 0 aliphatic heterocycles. The molecule has 2 aromatic heterocycles. The Morgan fingerprint density at radius 3 is 3.00 bits per heavy atom. The summed E-state index contributed by atoms with van der Waals surface area (Å²) in [5, 5.41) is 1.15. The molecule has 4 nitrogen and oxygen atoms in total. The van der Waals surface area contributed by atoms with E-state index in [1.807, 2.05) is 18.9 Å². The van der Waals surface area contributed by atoms with Crippen molar-refractivity contribution in [1.82, 2.24) is 14.9 Å². The van der Waals surface area contributed by atoms with Crippen molar-refractivity contribution in [2.45, 2.75) is 45.7 Å². The first-order chi connectivity index (χ1) is 13.3. The van der Waals surface area contributed by atoms with Crippen molar-refractivity contribution in [3.05, 3.63) is 61.2 Å². The topological polar surface area (TPSA) is 49.0 Å². The number of thiophene rings is 1. The largest absolute Gasteiger partial charge is 0.309 e. The monoisotopic (exact) mass is 419 g/mol. The summed E-state index contributed by atoms with van der Waals surface area (Å²) in [4.78, 5) is 24.6. The summed E-state index contributed by atoms with van der Waals surface area (Å²) in [6.45, 7) is 4.53. The molecule has 1 aliphatic rings. The van der Waals surface area contributed by atoms with Gasteiger partial charge in [0, 0.05) is 22.0 Å². The average molecular weight is 420 g/mol. The Morgan fingerprint density at radius 1 is 1.46 bits per heavy atom. The third-order valence-electron chi connectivity index (χ3n) is 5.71. The molecule has 28 heavy (non-hydrogen) atoms. The average Bonchev–Trinajstić information content (AvgIpc) is 3.01. The number of aromatic nitrogens is 2. The van der Waals surface area contributed by atoms with Crippen LogP contribution in [0, 0.1) is 11.7 Å². The highest BCUT2D eigenvalue weighted by atomic mass is 35.5. The molecule has 0 spiro atoms. The van der Waals surface area contributed by atoms with Gasteiger partial charge in [0.1, 0.15) is 16.5 Å². The minimum atomic E-state index is -0.330. The van der Waals surface area contributed by atoms with Gasteiger partial charge in [0.15, 0.2) is 0 Å². The number of hydrogen-bond acceptors (Lipinski definition) is 4. The Balaban J connectivity index is 1.66. The molecule has 2 atom stereocenters. The van der Waals surface area contributed by atoms with Crippen LogP contribution in [-0.4, -0.2) is 21.9 Å². The van der Waals surface area contributed by atoms with Crippen LogP contribution in [0.15, 0.2) is 23.0 Å². The summed E-state index contributed by atoms with van der Waals surface area (Å²) in [7, 11) is 1.87. The predicted molar refractivity (Wildman–Crippen MR) is 113 cm³/mol. The number of aryl methyl sites for hydroxylation is 1. The number of fused-ring (bicyclic) bond motifs is 3. The highest BCUT2D eigenvalue weighted by Crippen LogP contribution is 2.36. The number of H-pyrrole nitrogens is 1. The van der Waals surface area contributed by atoms with E-state index in [4.69, 9.17) is 16.6 Å². The third-order valence-corrected chi connectivity index (χ3v) is 7.21. The number of nitrogens with zero attached hydrogens (tertiary/aromatic N) is 2. The SMILES string of the molecule is C[C@H]1CCc2c(sc3nc([C@H](C)N(C)Cc4c(F)cccc4Cl)[nH]c(=O)c23)C1. The van der Waals surface area contributed by atoms with E-state index in [0.717, 1.165) is 29.5 Å². The first kappa shape index (κ1) is 19.6. The molecule has 0 unspecified atom stereocenters. The summed E-state index contributed by atoms with van der Waals surface area (Å²) in [6.07, 6.45) is 3.08. The number of rotatable bonds is 4. The Bertz CT molecular complexity index is 1070. The van der Waals surface area contributed by atoms with Crippen LogP contribution in [-0.2, 0) is 19.4 Å². The molecule has 0 amide bonds. The molecular weight excluding hydrogens is 397 g/mol. The maximum atomic E-state index is 14.1. The normalized spacial score (nSPS) is 17.9. The Morgan fingerprint density at radius 2 is 2.25 bits per heavy atom. The number of aromatic amines is 1. The molecule has 3 aromatic rings. The fraction of sp³-hybridized carbons (Fsp3) is 0.429. The molecule has 0 saturated heterocycles. The zero-order valence-corrected chi connectivity index (χ0v) is 17.8. The van der Waals surface area contributed by atoms with Gasteiger partial charge in [0.05, 0.1) is 11.4 Å². The van der Waals surface area contributed by atoms with Gasteiger partial charge in [0.2, 0.25) is 0 Å². The highest BCUT2D eigenvalue weighted by Gasteiger charge is 2.24. The molecule has 0 radical (unpaired) electrons. The summed E-state index contributed by atoms with van der Waals surface area (Å²) in [5.74, 6) is 0.914. The Hall–Kier alpha value is -1.76. The molecule has 0 bridgehead atoms. The van der Waals surface area contributed by atoms with E-state index < -0.39 is 0 Å². The quantitative estimate of drug-likeness (QED) is 0.640. The van der Waals surface area contributed by atoms with Crippen molar-refractivity contribution in [3.63, 3.8) is 0 Å². The zero-order valence-electron chi connectivity index (χ0n) is 16.2. The molecule has 7 heteroatoms. The third kappa shape index (κ3) is 3.49. The van der Waals surface area contributed by atoms with Crippen LogP contribution in [0.2, 0.25) is 5.02 Å². The lowest BCUT2D eigenvalue weighted by atomic mass is 9.89. The van der Waals surface area contributed by atoms with E-state index in [0.29, 0.717) is 28.9 Å². The lowest BCUT2D eigenvalue weighted by Gasteiger charge is -2.24. The molecule has 1 N–H and O–H groups in total. The summed E-state index contributed by atoms with van der Waals surface area (Å²) >= 11 is 7.80. The summed E-state index contributed by atoms with van der Waals surface area (Å²) < 4.78 is 14.1. The maximum Gasteiger partial charge on any atom is 0.259 e. The first-order valence-electron chi connectivity index (χ1n) is 9.52. The Labute approximate surface area is 172 Å². The van der Waals surface area contributed by atoms with Crippen LogP contribution in [0.4, 0.5) is 4.39 Å². The predicted octanol–water partition coefficient (Wildman–Crippen LogP) is 5.09. The minimum Gasteiger partial charge on any atom is -0.309 e. The van der Waals surface area contributed by atoms with E-state index in [1.54, 1.807) is 23.5 Å². The Kier molecular flexibility index (Phi) is 5.29. The van der Waals surface area contributed by atoms with E-state index in [9.17, 15) is 9.18 Å². The lowest BCUT2D eigenvalue weighted by molar-refractivity contribution is 0.241. The fourth-order valence-corrected chi connectivity index (χ4v) is 5.46. The fourth-order valence-electron chi connectivity index (χ4n) is 3.84. The van der Waals surface area contributed by atoms with Gasteiger partial charge in [-0.05, 0) is 56.8 Å². The van der Waals surface area contributed by atoms with Crippen LogP contribution in [0.25, 0.3) is 10.2 Å². The van der Waals surface area contributed by atoms with Crippen LogP contribution in [0.3, 0.4) is 0 Å². The van der Waals surface area contributed by atoms with E-state index >= 15 is 0 Å². The van der Waals surface area contributed by atoms with Crippen molar-refractivity contribution < 1.29 is 4.39 Å². The lowest BCUT2D eigenvalue weighted by Crippen LogP contribution is -2.26. The number of halogens is 2. The second kappa shape index (κ2) is 7.58. The summed E-state index contributed by atoms with van der Waals surface area (Å²) in [5.41, 5.74) is 1.55. The van der Waals surface area contributed by atoms with E-state index in [-0.39, 0.29) is 17.4 Å². The van der Waals surface area contributed by atoms with E-state index in [1.165, 1.54) is 16.5 Å². The van der Waals surface area contributed by atoms with Gasteiger partial charge >= 0.3 is 0 Å². The van der Waals surface area contributed by atoms with Gasteiger partial charge in [-0.15, -0.1) is 11.3 Å². The molecule has 0 saturated carbocycles. The van der Waals surface area contributed by atoms with Gasteiger partial charge in [-0.3, -0.25) is 9.69 Å². The smallest absolute Gasteiger partial charge is 0.259 e. The molecular formula is C21H23ClFN3OS. The van der Waals surface area contributed by atoms with E-state index in [2.05, 4.69) is 11.9 Å². The van der Waals surface area contributed by atoms with Crippen LogP contribution in [0.1, 0.15) is 48.1 Å². The zero-order chi connectivity index (χ0) is 20.0. The van der Waals surface area contributed by atoms with Crippen molar-refractivity contribution >= 4 is 33.2 Å². The highest BCUT2D eigenvalue weighted by molar-refractivity contribution is 7.18. The molecule has 4 rings (SSSR count). The van der Waals surface area contributed by atoms with Crippen molar-refractivity contribution in [2.24, 2.45) is 5.92 Å². The standard InChI is InChI=1S/C21H23ClFN3OS/c1-11-7-8-13-17(9-11)28-21-18(13)20(27)24-19(25-21)12(2)26(3)10-14-15(22)5-4-6-16(14)23/h4-6,11-12H,7-10H2,1-3H3,(H,24,25,27)/t11-,12-/m0/s1. The molecule has 1 aliphatic carbocycles. The second-order valence-electron chi connectivity index (χ2n) is 7.77. The van der Waals surface area contributed by atoms with Gasteiger partial charge in [-0.25, -0.2) is 9.37 Å². The van der Waals surface area contributed by atoms with Crippen molar-refractivity contribution in [1.29, 1.82) is 0 Å². The summed E-state index contributed by atoms with van der Waals surface area (Å²) in [6, 6.07) is 4.49.